The van der Waals surface area contributed by atoms with Gasteiger partial charge < -0.3 is 9.64 Å². The van der Waals surface area contributed by atoms with Crippen LogP contribution in [-0.2, 0) is 20.0 Å². The third kappa shape index (κ3) is 4.59. The number of nitrogens with zero attached hydrogens (tertiary/aromatic N) is 2. The summed E-state index contributed by atoms with van der Waals surface area (Å²) in [7, 11) is -2.30. The molecule has 0 aromatic heterocycles. The number of ether oxygens (including phenoxy) is 1. The highest BCUT2D eigenvalue weighted by molar-refractivity contribution is 7.93. The van der Waals surface area contributed by atoms with E-state index < -0.39 is 20.0 Å². The maximum Gasteiger partial charge on any atom is 0.265 e. The highest BCUT2D eigenvalue weighted by Crippen LogP contribution is 2.33. The fourth-order valence-corrected chi connectivity index (χ4v) is 6.03. The van der Waals surface area contributed by atoms with Crippen LogP contribution in [0.4, 0.5) is 17.1 Å². The molecule has 1 aliphatic heterocycles. The van der Waals surface area contributed by atoms with Crippen LogP contribution in [0, 0.1) is 0 Å². The van der Waals surface area contributed by atoms with E-state index in [1.54, 1.807) is 30.3 Å². The van der Waals surface area contributed by atoms with Gasteiger partial charge >= 0.3 is 0 Å². The predicted octanol–water partition coefficient (Wildman–Crippen LogP) is 2.49. The Kier molecular flexibility index (Phi) is 5.95. The van der Waals surface area contributed by atoms with E-state index in [-0.39, 0.29) is 16.4 Å². The normalized spacial score (nSPS) is 16.3. The van der Waals surface area contributed by atoms with Crippen molar-refractivity contribution in [3.05, 3.63) is 42.5 Å². The summed E-state index contributed by atoms with van der Waals surface area (Å²) in [4.78, 5) is 1.79. The van der Waals surface area contributed by atoms with Crippen molar-refractivity contribution in [2.45, 2.75) is 17.7 Å². The first kappa shape index (κ1) is 21.3. The number of sulfonamides is 2. The van der Waals surface area contributed by atoms with E-state index in [0.717, 1.165) is 12.1 Å². The zero-order chi connectivity index (χ0) is 21.2. The van der Waals surface area contributed by atoms with Gasteiger partial charge in [0.05, 0.1) is 18.6 Å². The fourth-order valence-electron chi connectivity index (χ4n) is 3.15. The Balaban J connectivity index is 1.97. The molecule has 0 unspecified atom stereocenters. The molecule has 0 bridgehead atoms. The molecule has 2 aromatic rings. The molecule has 0 spiro atoms. The van der Waals surface area contributed by atoms with Crippen molar-refractivity contribution >= 4 is 37.1 Å². The van der Waals surface area contributed by atoms with E-state index in [0.29, 0.717) is 24.3 Å². The second-order valence-corrected chi connectivity index (χ2v) is 10.6. The van der Waals surface area contributed by atoms with Gasteiger partial charge in [-0.1, -0.05) is 0 Å². The van der Waals surface area contributed by atoms with Gasteiger partial charge in [-0.25, -0.2) is 16.8 Å². The molecular weight excluding hydrogens is 414 g/mol. The van der Waals surface area contributed by atoms with Gasteiger partial charge in [0.15, 0.2) is 0 Å². The Morgan fingerprint density at radius 3 is 2.34 bits per heavy atom. The first-order chi connectivity index (χ1) is 13.6. The van der Waals surface area contributed by atoms with Crippen LogP contribution in [0.15, 0.2) is 47.4 Å². The van der Waals surface area contributed by atoms with Gasteiger partial charge in [-0.05, 0) is 55.3 Å². The standard InChI is InChI=1S/C19H25N3O5S2/c1-21(2)16-8-6-15(7-9-16)20-29(25,26)19-14-17(10-11-18(19)27-3)22-12-4-5-13-28(22,23)24/h6-11,14,20H,4-5,12-13H2,1-3H3. The quantitative estimate of drug-likeness (QED) is 0.743. The molecule has 1 aliphatic rings. The van der Waals surface area contributed by atoms with Crippen LogP contribution in [0.2, 0.25) is 0 Å². The lowest BCUT2D eigenvalue weighted by Crippen LogP contribution is -2.37. The summed E-state index contributed by atoms with van der Waals surface area (Å²) in [5.41, 5.74) is 1.64. The minimum Gasteiger partial charge on any atom is -0.495 e. The molecule has 3 rings (SSSR count). The molecule has 29 heavy (non-hydrogen) atoms. The highest BCUT2D eigenvalue weighted by atomic mass is 32.2. The number of anilines is 3. The Labute approximate surface area is 172 Å². The number of rotatable bonds is 6. The van der Waals surface area contributed by atoms with E-state index in [4.69, 9.17) is 4.74 Å². The lowest BCUT2D eigenvalue weighted by atomic mass is 10.2. The first-order valence-corrected chi connectivity index (χ1v) is 12.2. The topological polar surface area (TPSA) is 96.0 Å². The number of nitrogens with one attached hydrogen (secondary N) is 1. The molecule has 1 saturated heterocycles. The van der Waals surface area contributed by atoms with Gasteiger partial charge in [0.1, 0.15) is 10.6 Å². The zero-order valence-corrected chi connectivity index (χ0v) is 18.3. The van der Waals surface area contributed by atoms with Crippen molar-refractivity contribution in [3.63, 3.8) is 0 Å². The Morgan fingerprint density at radius 2 is 1.76 bits per heavy atom. The van der Waals surface area contributed by atoms with Crippen LogP contribution in [0.25, 0.3) is 0 Å². The molecule has 8 nitrogen and oxygen atoms in total. The molecule has 0 radical (unpaired) electrons. The summed E-state index contributed by atoms with van der Waals surface area (Å²) >= 11 is 0. The summed E-state index contributed by atoms with van der Waals surface area (Å²) in [5.74, 6) is 0.193. The van der Waals surface area contributed by atoms with Gasteiger partial charge in [-0.2, -0.15) is 0 Å². The largest absolute Gasteiger partial charge is 0.495 e. The summed E-state index contributed by atoms with van der Waals surface area (Å²) in [5, 5.41) is 0. The van der Waals surface area contributed by atoms with Crippen LogP contribution in [0.3, 0.4) is 0 Å². The molecule has 0 amide bonds. The predicted molar refractivity (Wildman–Crippen MR) is 115 cm³/mol. The van der Waals surface area contributed by atoms with Crippen LogP contribution >= 0.6 is 0 Å². The van der Waals surface area contributed by atoms with Crippen molar-refractivity contribution in [2.24, 2.45) is 0 Å². The number of hydrogen-bond acceptors (Lipinski definition) is 6. The molecular formula is C19H25N3O5S2. The molecule has 0 atom stereocenters. The summed E-state index contributed by atoms with van der Waals surface area (Å²) < 4.78 is 59.9. The highest BCUT2D eigenvalue weighted by Gasteiger charge is 2.28. The number of hydrogen-bond donors (Lipinski definition) is 1. The van der Waals surface area contributed by atoms with Crippen molar-refractivity contribution in [1.82, 2.24) is 0 Å². The molecule has 2 aromatic carbocycles. The van der Waals surface area contributed by atoms with Crippen molar-refractivity contribution in [3.8, 4) is 5.75 Å². The SMILES string of the molecule is COc1ccc(N2CCCCS2(=O)=O)cc1S(=O)(=O)Nc1ccc(N(C)C)cc1. The molecule has 1 heterocycles. The van der Waals surface area contributed by atoms with Gasteiger partial charge in [0, 0.05) is 32.0 Å². The maximum absolute atomic E-state index is 13.0. The number of methoxy groups -OCH3 is 1. The van der Waals surface area contributed by atoms with E-state index >= 15 is 0 Å². The minimum absolute atomic E-state index is 0.0532. The second-order valence-electron chi connectivity index (χ2n) is 6.98. The zero-order valence-electron chi connectivity index (χ0n) is 16.6. The van der Waals surface area contributed by atoms with Gasteiger partial charge in [-0.3, -0.25) is 9.03 Å². The Bertz CT molecular complexity index is 1080. The lowest BCUT2D eigenvalue weighted by molar-refractivity contribution is 0.403. The average Bonchev–Trinajstić information content (AvgIpc) is 2.67. The number of benzene rings is 2. The third-order valence-electron chi connectivity index (χ3n) is 4.71. The third-order valence-corrected chi connectivity index (χ3v) is 7.98. The van der Waals surface area contributed by atoms with Crippen LogP contribution in [0.1, 0.15) is 12.8 Å². The van der Waals surface area contributed by atoms with Crippen LogP contribution < -0.4 is 18.7 Å². The molecule has 158 valence electrons. The average molecular weight is 440 g/mol. The Morgan fingerprint density at radius 1 is 1.07 bits per heavy atom. The van der Waals surface area contributed by atoms with Crippen molar-refractivity contribution in [1.29, 1.82) is 0 Å². The Hall–Kier alpha value is -2.46. The van der Waals surface area contributed by atoms with Gasteiger partial charge in [-0.15, -0.1) is 0 Å². The van der Waals surface area contributed by atoms with Crippen molar-refractivity contribution in [2.75, 3.05) is 47.4 Å². The molecule has 1 N–H and O–H groups in total. The van der Waals surface area contributed by atoms with Crippen LogP contribution in [0.5, 0.6) is 5.75 Å². The summed E-state index contributed by atoms with van der Waals surface area (Å²) in [6.45, 7) is 0.327. The molecule has 0 saturated carbocycles. The smallest absolute Gasteiger partial charge is 0.265 e. The summed E-state index contributed by atoms with van der Waals surface area (Å²) in [6, 6.07) is 11.3. The maximum atomic E-state index is 13.0. The van der Waals surface area contributed by atoms with E-state index in [9.17, 15) is 16.8 Å². The second kappa shape index (κ2) is 8.11. The molecule has 1 fully saturated rings. The van der Waals surface area contributed by atoms with Gasteiger partial charge in [0.2, 0.25) is 10.0 Å². The minimum atomic E-state index is -4.00. The molecule has 10 heteroatoms. The van der Waals surface area contributed by atoms with E-state index in [1.807, 2.05) is 19.0 Å². The fraction of sp³-hybridized carbons (Fsp3) is 0.368. The monoisotopic (exact) mass is 439 g/mol. The van der Waals surface area contributed by atoms with Crippen molar-refractivity contribution < 1.29 is 21.6 Å². The molecule has 0 aliphatic carbocycles. The van der Waals surface area contributed by atoms with Crippen LogP contribution in [-0.4, -0.2) is 50.3 Å². The first-order valence-electron chi connectivity index (χ1n) is 9.13. The lowest BCUT2D eigenvalue weighted by Gasteiger charge is -2.28. The summed E-state index contributed by atoms with van der Waals surface area (Å²) in [6.07, 6.45) is 1.33. The van der Waals surface area contributed by atoms with Gasteiger partial charge in [0.25, 0.3) is 10.0 Å². The van der Waals surface area contributed by atoms with E-state index in [1.165, 1.54) is 23.5 Å². The van der Waals surface area contributed by atoms with E-state index in [2.05, 4.69) is 4.72 Å².